The Bertz CT molecular complexity index is 340. The lowest BCUT2D eigenvalue weighted by molar-refractivity contribution is 0.253. The third kappa shape index (κ3) is 1.91. The Morgan fingerprint density at radius 3 is 2.71 bits per heavy atom. The Morgan fingerprint density at radius 2 is 2.21 bits per heavy atom. The molecule has 0 aliphatic heterocycles. The maximum atomic E-state index is 13.4. The monoisotopic (exact) mass is 213 g/mol. The van der Waals surface area contributed by atoms with Crippen LogP contribution < -0.4 is 5.73 Å². The predicted octanol–water partition coefficient (Wildman–Crippen LogP) is 2.76. The lowest BCUT2D eigenvalue weighted by atomic mass is 9.76. The van der Waals surface area contributed by atoms with E-state index >= 15 is 0 Å². The zero-order valence-electron chi connectivity index (χ0n) is 7.84. The highest BCUT2D eigenvalue weighted by Gasteiger charge is 2.27. The van der Waals surface area contributed by atoms with Crippen LogP contribution >= 0.6 is 11.6 Å². The molecule has 0 amide bonds. The minimum absolute atomic E-state index is 0.211. The van der Waals surface area contributed by atoms with Crippen LogP contribution in [0.15, 0.2) is 18.2 Å². The fourth-order valence-corrected chi connectivity index (χ4v) is 1.98. The van der Waals surface area contributed by atoms with Gasteiger partial charge >= 0.3 is 0 Å². The van der Waals surface area contributed by atoms with Gasteiger partial charge in [0.1, 0.15) is 5.82 Å². The minimum atomic E-state index is -0.211. The molecule has 0 bridgehead atoms. The predicted molar refractivity (Wildman–Crippen MR) is 55.8 cm³/mol. The smallest absolute Gasteiger partial charge is 0.127 e. The van der Waals surface area contributed by atoms with E-state index in [0.717, 1.165) is 24.8 Å². The second-order valence-corrected chi connectivity index (χ2v) is 4.38. The van der Waals surface area contributed by atoms with Gasteiger partial charge in [-0.3, -0.25) is 0 Å². The molecule has 2 N–H and O–H groups in total. The van der Waals surface area contributed by atoms with Gasteiger partial charge in [-0.25, -0.2) is 4.39 Å². The average Bonchev–Trinajstić information content (AvgIpc) is 2.14. The summed E-state index contributed by atoms with van der Waals surface area (Å²) in [4.78, 5) is 0. The van der Waals surface area contributed by atoms with Gasteiger partial charge in [0, 0.05) is 11.1 Å². The van der Waals surface area contributed by atoms with Gasteiger partial charge in [0.2, 0.25) is 0 Å². The van der Waals surface area contributed by atoms with E-state index in [-0.39, 0.29) is 11.9 Å². The molecule has 1 aliphatic carbocycles. The number of halogens is 2. The average molecular weight is 214 g/mol. The highest BCUT2D eigenvalue weighted by atomic mass is 35.5. The van der Waals surface area contributed by atoms with Crippen LogP contribution in [0, 0.1) is 11.7 Å². The summed E-state index contributed by atoms with van der Waals surface area (Å²) in [6, 6.07) is 5.10. The Balaban J connectivity index is 2.09. The molecule has 0 aromatic heterocycles. The molecule has 1 saturated carbocycles. The van der Waals surface area contributed by atoms with Crippen LogP contribution in [0.1, 0.15) is 18.4 Å². The maximum absolute atomic E-state index is 13.4. The second kappa shape index (κ2) is 3.87. The largest absolute Gasteiger partial charge is 0.327 e. The van der Waals surface area contributed by atoms with Gasteiger partial charge in [0.15, 0.2) is 0 Å². The summed E-state index contributed by atoms with van der Waals surface area (Å²) in [5.41, 5.74) is 6.53. The topological polar surface area (TPSA) is 26.0 Å². The van der Waals surface area contributed by atoms with Gasteiger partial charge in [-0.05, 0) is 42.9 Å². The molecule has 1 aromatic carbocycles. The first-order valence-corrected chi connectivity index (χ1v) is 5.24. The molecular formula is C11H13ClFN. The summed E-state index contributed by atoms with van der Waals surface area (Å²) in [5, 5.41) is 0.448. The highest BCUT2D eigenvalue weighted by Crippen LogP contribution is 2.30. The zero-order valence-corrected chi connectivity index (χ0v) is 8.60. The molecule has 3 heteroatoms. The molecule has 14 heavy (non-hydrogen) atoms. The van der Waals surface area contributed by atoms with E-state index in [1.807, 2.05) is 0 Å². The fraction of sp³-hybridized carbons (Fsp3) is 0.455. The fourth-order valence-electron chi connectivity index (χ4n) is 1.82. The van der Waals surface area contributed by atoms with E-state index in [4.69, 9.17) is 17.3 Å². The maximum Gasteiger partial charge on any atom is 0.127 e. The van der Waals surface area contributed by atoms with E-state index < -0.39 is 0 Å². The van der Waals surface area contributed by atoms with Crippen LogP contribution in [0.4, 0.5) is 4.39 Å². The van der Waals surface area contributed by atoms with E-state index in [2.05, 4.69) is 0 Å². The van der Waals surface area contributed by atoms with Crippen LogP contribution in [0.5, 0.6) is 0 Å². The standard InChI is InChI=1S/C11H13ClFN/c12-9-3-1-7(10(13)6-9)5-8-2-4-11(8)14/h1,3,6,8,11H,2,4-5,14H2. The van der Waals surface area contributed by atoms with Crippen molar-refractivity contribution < 1.29 is 4.39 Å². The molecule has 1 fully saturated rings. The highest BCUT2D eigenvalue weighted by molar-refractivity contribution is 6.30. The summed E-state index contributed by atoms with van der Waals surface area (Å²) < 4.78 is 13.4. The summed E-state index contributed by atoms with van der Waals surface area (Å²) >= 11 is 5.67. The first-order chi connectivity index (χ1) is 6.66. The van der Waals surface area contributed by atoms with Crippen molar-refractivity contribution in [2.45, 2.75) is 25.3 Å². The van der Waals surface area contributed by atoms with Crippen molar-refractivity contribution >= 4 is 11.6 Å². The number of hydrogen-bond donors (Lipinski definition) is 1. The van der Waals surface area contributed by atoms with Crippen LogP contribution in [-0.2, 0) is 6.42 Å². The molecule has 0 saturated heterocycles. The first-order valence-electron chi connectivity index (χ1n) is 4.86. The van der Waals surface area contributed by atoms with Crippen molar-refractivity contribution in [2.75, 3.05) is 0 Å². The van der Waals surface area contributed by atoms with E-state index in [0.29, 0.717) is 10.9 Å². The van der Waals surface area contributed by atoms with E-state index in [9.17, 15) is 4.39 Å². The summed E-state index contributed by atoms with van der Waals surface area (Å²) in [6.07, 6.45) is 2.92. The van der Waals surface area contributed by atoms with E-state index in [1.54, 1.807) is 12.1 Å². The molecular weight excluding hydrogens is 201 g/mol. The van der Waals surface area contributed by atoms with Crippen molar-refractivity contribution in [1.82, 2.24) is 0 Å². The van der Waals surface area contributed by atoms with Crippen LogP contribution in [-0.4, -0.2) is 6.04 Å². The van der Waals surface area contributed by atoms with Gasteiger partial charge in [-0.15, -0.1) is 0 Å². The van der Waals surface area contributed by atoms with Crippen LogP contribution in [0.2, 0.25) is 5.02 Å². The van der Waals surface area contributed by atoms with Crippen LogP contribution in [0.3, 0.4) is 0 Å². The van der Waals surface area contributed by atoms with Gasteiger partial charge in [0.05, 0.1) is 0 Å². The quantitative estimate of drug-likeness (QED) is 0.803. The summed E-state index contributed by atoms with van der Waals surface area (Å²) in [7, 11) is 0. The normalized spacial score (nSPS) is 25.9. The van der Waals surface area contributed by atoms with Gasteiger partial charge in [-0.1, -0.05) is 17.7 Å². The number of hydrogen-bond acceptors (Lipinski definition) is 1. The third-order valence-corrected chi connectivity index (χ3v) is 3.21. The minimum Gasteiger partial charge on any atom is -0.327 e. The molecule has 0 radical (unpaired) electrons. The Hall–Kier alpha value is -0.600. The molecule has 1 aliphatic rings. The van der Waals surface area contributed by atoms with E-state index in [1.165, 1.54) is 6.07 Å². The van der Waals surface area contributed by atoms with Crippen molar-refractivity contribution in [3.05, 3.63) is 34.6 Å². The number of benzene rings is 1. The number of rotatable bonds is 2. The third-order valence-electron chi connectivity index (χ3n) is 2.97. The SMILES string of the molecule is NC1CCC1Cc1ccc(Cl)cc1F. The second-order valence-electron chi connectivity index (χ2n) is 3.94. The molecule has 1 aromatic rings. The van der Waals surface area contributed by atoms with Crippen molar-refractivity contribution in [3.8, 4) is 0 Å². The Labute approximate surface area is 88.1 Å². The van der Waals surface area contributed by atoms with Crippen molar-refractivity contribution in [1.29, 1.82) is 0 Å². The Morgan fingerprint density at radius 1 is 1.43 bits per heavy atom. The number of nitrogens with two attached hydrogens (primary N) is 1. The molecule has 0 heterocycles. The summed E-state index contributed by atoms with van der Waals surface area (Å²) in [5.74, 6) is 0.238. The lowest BCUT2D eigenvalue weighted by Gasteiger charge is -2.33. The molecule has 2 rings (SSSR count). The molecule has 2 atom stereocenters. The van der Waals surface area contributed by atoms with Gasteiger partial charge in [-0.2, -0.15) is 0 Å². The molecule has 2 unspecified atom stereocenters. The van der Waals surface area contributed by atoms with Gasteiger partial charge in [0.25, 0.3) is 0 Å². The Kier molecular flexibility index (Phi) is 2.75. The molecule has 1 nitrogen and oxygen atoms in total. The first kappa shape index (κ1) is 9.94. The van der Waals surface area contributed by atoms with Crippen molar-refractivity contribution in [2.24, 2.45) is 11.7 Å². The molecule has 0 spiro atoms. The molecule has 76 valence electrons. The summed E-state index contributed by atoms with van der Waals surface area (Å²) in [6.45, 7) is 0. The zero-order chi connectivity index (χ0) is 10.1. The van der Waals surface area contributed by atoms with Crippen molar-refractivity contribution in [3.63, 3.8) is 0 Å². The van der Waals surface area contributed by atoms with Gasteiger partial charge < -0.3 is 5.73 Å². The lowest BCUT2D eigenvalue weighted by Crippen LogP contribution is -2.40. The van der Waals surface area contributed by atoms with Crippen LogP contribution in [0.25, 0.3) is 0 Å².